The van der Waals surface area contributed by atoms with Crippen LogP contribution in [0.15, 0.2) is 111 Å². The van der Waals surface area contributed by atoms with Crippen molar-refractivity contribution in [3.8, 4) is 5.75 Å². The molecule has 5 aromatic rings. The fourth-order valence-corrected chi connectivity index (χ4v) is 8.57. The number of carbonyl (C=O) groups is 2. The molecule has 4 heterocycles. The molecule has 8 rings (SSSR count). The number of ether oxygens (including phenoxy) is 4. The number of hydrogen-bond acceptors (Lipinski definition) is 10. The molecule has 4 aromatic carbocycles. The monoisotopic (exact) mass is 814 g/mol. The highest BCUT2D eigenvalue weighted by molar-refractivity contribution is 5.90. The number of aliphatic hydroxyl groups is 2. The van der Waals surface area contributed by atoms with E-state index in [4.69, 9.17) is 28.5 Å². The van der Waals surface area contributed by atoms with Crippen LogP contribution in [0, 0.1) is 5.92 Å². The van der Waals surface area contributed by atoms with E-state index in [-0.39, 0.29) is 42.1 Å². The van der Waals surface area contributed by atoms with E-state index >= 15 is 0 Å². The van der Waals surface area contributed by atoms with Crippen molar-refractivity contribution in [1.82, 2.24) is 0 Å². The van der Waals surface area contributed by atoms with Gasteiger partial charge in [-0.25, -0.2) is 9.59 Å². The molecule has 1 aromatic heterocycles. The Labute approximate surface area is 350 Å². The minimum atomic E-state index is -1.23. The van der Waals surface area contributed by atoms with Gasteiger partial charge in [-0.3, -0.25) is 4.79 Å². The van der Waals surface area contributed by atoms with Gasteiger partial charge in [0.15, 0.2) is 12.2 Å². The molecule has 0 radical (unpaired) electrons. The summed E-state index contributed by atoms with van der Waals surface area (Å²) in [5.41, 5.74) is 6.04. The number of esters is 2. The van der Waals surface area contributed by atoms with E-state index in [1.165, 1.54) is 16.7 Å². The first kappa shape index (κ1) is 42.6. The number of carbonyl (C=O) groups excluding carboxylic acids is 2. The van der Waals surface area contributed by atoms with Gasteiger partial charge < -0.3 is 33.6 Å². The number of rotatable bonds is 10. The predicted molar refractivity (Wildman–Crippen MR) is 228 cm³/mol. The van der Waals surface area contributed by atoms with Crippen molar-refractivity contribution in [3.63, 3.8) is 0 Å². The number of fused-ring (bicyclic) bond motifs is 13. The molecule has 0 amide bonds. The van der Waals surface area contributed by atoms with Gasteiger partial charge in [-0.2, -0.15) is 0 Å². The molecule has 60 heavy (non-hydrogen) atoms. The van der Waals surface area contributed by atoms with Crippen LogP contribution in [-0.2, 0) is 62.5 Å². The second kappa shape index (κ2) is 18.8. The van der Waals surface area contributed by atoms with Crippen LogP contribution in [0.2, 0.25) is 0 Å². The van der Waals surface area contributed by atoms with Gasteiger partial charge in [0, 0.05) is 29.4 Å². The lowest BCUT2D eigenvalue weighted by atomic mass is 9.86. The average molecular weight is 815 g/mol. The SMILES string of the molecule is CC(C)=C1CCc2ccc(cc2)C[C@@H](CCc2cccc(Cc3ccccc3)c2)CC(=O)O[C@@H]2c3c(ccc4c(CO)c(CCOCO)c(=O)oc34)OC(C)(C)[C@H]2OC1=O. The highest BCUT2D eigenvalue weighted by Crippen LogP contribution is 2.47. The molecule has 0 saturated carbocycles. The molecule has 2 N–H and O–H groups in total. The molecule has 0 aliphatic carbocycles. The van der Waals surface area contributed by atoms with Gasteiger partial charge in [0.25, 0.3) is 0 Å². The zero-order valence-electron chi connectivity index (χ0n) is 34.8. The summed E-state index contributed by atoms with van der Waals surface area (Å²) in [4.78, 5) is 42.3. The number of benzene rings is 4. The zero-order chi connectivity index (χ0) is 42.4. The molecule has 314 valence electrons. The Kier molecular flexibility index (Phi) is 13.3. The van der Waals surface area contributed by atoms with Crippen LogP contribution in [0.3, 0.4) is 0 Å². The Balaban J connectivity index is 1.27. The lowest BCUT2D eigenvalue weighted by Crippen LogP contribution is -2.52. The van der Waals surface area contributed by atoms with E-state index in [0.717, 1.165) is 29.5 Å². The van der Waals surface area contributed by atoms with Crippen LogP contribution in [0.4, 0.5) is 0 Å². The van der Waals surface area contributed by atoms with Crippen molar-refractivity contribution in [1.29, 1.82) is 0 Å². The van der Waals surface area contributed by atoms with Crippen LogP contribution in [0.5, 0.6) is 5.75 Å². The Morgan fingerprint density at radius 2 is 1.52 bits per heavy atom. The average Bonchev–Trinajstić information content (AvgIpc) is 3.21. The molecule has 0 spiro atoms. The summed E-state index contributed by atoms with van der Waals surface area (Å²) in [5, 5.41) is 20.2. The first-order valence-electron chi connectivity index (χ1n) is 20.8. The molecular weight excluding hydrogens is 761 g/mol. The van der Waals surface area contributed by atoms with Gasteiger partial charge in [-0.15, -0.1) is 0 Å². The lowest BCUT2D eigenvalue weighted by molar-refractivity contribution is -0.188. The maximum Gasteiger partial charge on any atom is 0.339 e. The maximum atomic E-state index is 14.5. The highest BCUT2D eigenvalue weighted by atomic mass is 16.6. The topological polar surface area (TPSA) is 142 Å². The van der Waals surface area contributed by atoms with E-state index in [1.807, 2.05) is 32.0 Å². The molecule has 10 nitrogen and oxygen atoms in total. The number of allylic oxidation sites excluding steroid dienone is 1. The van der Waals surface area contributed by atoms with E-state index < -0.39 is 48.8 Å². The van der Waals surface area contributed by atoms with Crippen molar-refractivity contribution >= 4 is 22.9 Å². The third-order valence-corrected chi connectivity index (χ3v) is 11.7. The molecule has 0 unspecified atom stereocenters. The van der Waals surface area contributed by atoms with Gasteiger partial charge in [-0.05, 0) is 118 Å². The molecule has 3 aliphatic rings. The highest BCUT2D eigenvalue weighted by Gasteiger charge is 2.50. The van der Waals surface area contributed by atoms with Crippen LogP contribution in [-0.4, -0.2) is 47.3 Å². The molecule has 10 heteroatoms. The van der Waals surface area contributed by atoms with Crippen LogP contribution >= 0.6 is 0 Å². The summed E-state index contributed by atoms with van der Waals surface area (Å²) in [7, 11) is 0. The van der Waals surface area contributed by atoms with Crippen LogP contribution < -0.4 is 10.4 Å². The third kappa shape index (κ3) is 9.73. The molecule has 2 bridgehead atoms. The minimum absolute atomic E-state index is 0.0250. The predicted octanol–water partition coefficient (Wildman–Crippen LogP) is 8.22. The van der Waals surface area contributed by atoms with Crippen molar-refractivity contribution < 1.29 is 43.2 Å². The second-order valence-corrected chi connectivity index (χ2v) is 16.7. The Morgan fingerprint density at radius 3 is 2.25 bits per heavy atom. The van der Waals surface area contributed by atoms with E-state index in [2.05, 4.69) is 60.7 Å². The Hall–Kier alpha value is -5.55. The normalized spacial score (nSPS) is 19.2. The fourth-order valence-electron chi connectivity index (χ4n) is 8.57. The summed E-state index contributed by atoms with van der Waals surface area (Å²) in [6.07, 6.45) is 1.76. The number of aryl methyl sites for hydroxylation is 2. The number of hydrogen-bond donors (Lipinski definition) is 2. The van der Waals surface area contributed by atoms with Gasteiger partial charge >= 0.3 is 17.6 Å². The van der Waals surface area contributed by atoms with Crippen LogP contribution in [0.1, 0.15) is 97.6 Å². The van der Waals surface area contributed by atoms with E-state index in [1.54, 1.807) is 26.0 Å². The summed E-state index contributed by atoms with van der Waals surface area (Å²) >= 11 is 0. The molecule has 0 fully saturated rings. The van der Waals surface area contributed by atoms with Crippen LogP contribution in [0.25, 0.3) is 11.0 Å². The van der Waals surface area contributed by atoms with Gasteiger partial charge in [0.2, 0.25) is 0 Å². The second-order valence-electron chi connectivity index (χ2n) is 16.7. The Morgan fingerprint density at radius 1 is 0.783 bits per heavy atom. The quantitative estimate of drug-likeness (QED) is 0.0466. The third-order valence-electron chi connectivity index (χ3n) is 11.7. The molecule has 3 atom stereocenters. The zero-order valence-corrected chi connectivity index (χ0v) is 34.8. The summed E-state index contributed by atoms with van der Waals surface area (Å²) in [6.45, 7) is 6.29. The maximum absolute atomic E-state index is 14.5. The largest absolute Gasteiger partial charge is 0.483 e. The standard InChI is InChI=1S/C50H54O10/c1-31(2)38-20-19-32-13-15-35(16-14-32)27-37(18-17-34-11-8-12-36(26-34)25-33-9-6-5-7-10-33)28-43(53)57-46-44-42(60-50(3,4)47(46)59-48(38)54)22-21-39-41(29-51)40(23-24-56-30-52)49(55)58-45(39)44/h5-16,21-22,26,37,46-47,51-52H,17-20,23-25,27-30H2,1-4H3/t37-,46-,47+/m1/s1. The van der Waals surface area contributed by atoms with Gasteiger partial charge in [0.05, 0.1) is 18.8 Å². The first-order chi connectivity index (χ1) is 28.9. The lowest BCUT2D eigenvalue weighted by Gasteiger charge is -2.43. The van der Waals surface area contributed by atoms with E-state index in [0.29, 0.717) is 48.0 Å². The van der Waals surface area contributed by atoms with E-state index in [9.17, 15) is 19.5 Å². The van der Waals surface area contributed by atoms with Gasteiger partial charge in [0.1, 0.15) is 23.7 Å². The smallest absolute Gasteiger partial charge is 0.339 e. The summed E-state index contributed by atoms with van der Waals surface area (Å²) in [5.74, 6) is -0.863. The van der Waals surface area contributed by atoms with Gasteiger partial charge in [-0.1, -0.05) is 84.4 Å². The Bertz CT molecular complexity index is 2410. The molecule has 3 aliphatic heterocycles. The van der Waals surface area contributed by atoms with Crippen molar-refractivity contribution in [2.45, 2.75) is 103 Å². The van der Waals surface area contributed by atoms with Crippen molar-refractivity contribution in [2.24, 2.45) is 5.92 Å². The van der Waals surface area contributed by atoms with Crippen molar-refractivity contribution in [2.75, 3.05) is 13.4 Å². The minimum Gasteiger partial charge on any atom is -0.483 e. The molecule has 0 saturated heterocycles. The fraction of sp³-hybridized carbons (Fsp3) is 0.380. The first-order valence-corrected chi connectivity index (χ1v) is 20.8. The van der Waals surface area contributed by atoms with Crippen molar-refractivity contribution in [3.05, 3.63) is 157 Å². The summed E-state index contributed by atoms with van der Waals surface area (Å²) < 4.78 is 30.5. The number of aliphatic hydroxyl groups excluding tert-OH is 2. The molecular formula is C50H54O10. The summed E-state index contributed by atoms with van der Waals surface area (Å²) in [6, 6.07) is 30.7.